The Bertz CT molecular complexity index is 470. The van der Waals surface area contributed by atoms with E-state index in [1.54, 1.807) is 7.11 Å². The molecule has 1 fully saturated rings. The summed E-state index contributed by atoms with van der Waals surface area (Å²) in [6.07, 6.45) is 5.12. The molecule has 0 heterocycles. The molecule has 1 atom stereocenters. The third-order valence-corrected chi connectivity index (χ3v) is 5.61. The van der Waals surface area contributed by atoms with Gasteiger partial charge >= 0.3 is 0 Å². The molecular weight excluding hydrogens is 282 g/mol. The van der Waals surface area contributed by atoms with E-state index in [-0.39, 0.29) is 0 Å². The number of hydrogen-bond acceptors (Lipinski definition) is 3. The average Bonchev–Trinajstić information content (AvgIpc) is 2.98. The summed E-state index contributed by atoms with van der Waals surface area (Å²) in [5.74, 6) is 2.98. The summed E-state index contributed by atoms with van der Waals surface area (Å²) in [4.78, 5) is 0. The van der Waals surface area contributed by atoms with Crippen molar-refractivity contribution in [2.75, 3.05) is 19.4 Å². The van der Waals surface area contributed by atoms with E-state index in [1.165, 1.54) is 31.2 Å². The molecular formula is C17H27NO2S. The van der Waals surface area contributed by atoms with Gasteiger partial charge in [-0.3, -0.25) is 4.21 Å². The molecule has 0 aliphatic heterocycles. The summed E-state index contributed by atoms with van der Waals surface area (Å²) in [6.45, 7) is 3.90. The van der Waals surface area contributed by atoms with Crippen LogP contribution in [-0.4, -0.2) is 23.6 Å². The number of ether oxygens (including phenoxy) is 1. The van der Waals surface area contributed by atoms with E-state index in [9.17, 15) is 4.21 Å². The van der Waals surface area contributed by atoms with Crippen molar-refractivity contribution >= 4 is 10.8 Å². The first-order valence-electron chi connectivity index (χ1n) is 7.94. The lowest BCUT2D eigenvalue weighted by molar-refractivity contribution is 0.411. The molecule has 0 bridgehead atoms. The van der Waals surface area contributed by atoms with Crippen molar-refractivity contribution in [1.82, 2.24) is 5.32 Å². The molecule has 4 heteroatoms. The lowest BCUT2D eigenvalue weighted by Crippen LogP contribution is -2.13. The predicted octanol–water partition coefficient (Wildman–Crippen LogP) is 3.24. The van der Waals surface area contributed by atoms with Crippen LogP contribution in [0.3, 0.4) is 0 Å². The Kier molecular flexibility index (Phi) is 6.71. The number of rotatable bonds is 8. The zero-order valence-corrected chi connectivity index (χ0v) is 14.0. The van der Waals surface area contributed by atoms with Gasteiger partial charge in [-0.1, -0.05) is 25.8 Å². The van der Waals surface area contributed by atoms with E-state index in [4.69, 9.17) is 4.74 Å². The average molecular weight is 309 g/mol. The highest BCUT2D eigenvalue weighted by atomic mass is 32.2. The van der Waals surface area contributed by atoms with Gasteiger partial charge in [-0.15, -0.1) is 0 Å². The van der Waals surface area contributed by atoms with E-state index < -0.39 is 10.8 Å². The minimum Gasteiger partial charge on any atom is -0.496 e. The molecule has 1 aliphatic rings. The Balaban J connectivity index is 2.00. The molecule has 0 saturated heterocycles. The van der Waals surface area contributed by atoms with Gasteiger partial charge in [-0.05, 0) is 43.0 Å². The first kappa shape index (κ1) is 16.5. The van der Waals surface area contributed by atoms with Crippen molar-refractivity contribution in [1.29, 1.82) is 0 Å². The Morgan fingerprint density at radius 3 is 2.76 bits per heavy atom. The zero-order valence-electron chi connectivity index (χ0n) is 13.2. The monoisotopic (exact) mass is 309 g/mol. The van der Waals surface area contributed by atoms with Gasteiger partial charge in [-0.2, -0.15) is 0 Å². The Hall–Kier alpha value is -0.870. The molecule has 1 unspecified atom stereocenters. The molecule has 1 N–H and O–H groups in total. The van der Waals surface area contributed by atoms with Gasteiger partial charge in [0.1, 0.15) is 5.75 Å². The standard InChI is InChI=1S/C17H27NO2S/c1-3-18-11-15-8-9-17(20-2)16(10-15)13-21(19)12-14-6-4-5-7-14/h8-10,14,18H,3-7,11-13H2,1-2H3. The first-order chi connectivity index (χ1) is 10.2. The zero-order chi connectivity index (χ0) is 15.1. The van der Waals surface area contributed by atoms with E-state index in [0.29, 0.717) is 11.7 Å². The van der Waals surface area contributed by atoms with E-state index >= 15 is 0 Å². The van der Waals surface area contributed by atoms with Crippen LogP contribution in [0.2, 0.25) is 0 Å². The van der Waals surface area contributed by atoms with Crippen LogP contribution in [0.5, 0.6) is 5.75 Å². The summed E-state index contributed by atoms with van der Waals surface area (Å²) in [5.41, 5.74) is 2.30. The minimum atomic E-state index is -0.787. The highest BCUT2D eigenvalue weighted by Crippen LogP contribution is 2.27. The van der Waals surface area contributed by atoms with Crippen molar-refractivity contribution in [2.24, 2.45) is 5.92 Å². The Labute approximate surface area is 130 Å². The lowest BCUT2D eigenvalue weighted by atomic mass is 10.1. The molecule has 0 radical (unpaired) electrons. The Morgan fingerprint density at radius 2 is 2.10 bits per heavy atom. The van der Waals surface area contributed by atoms with Gasteiger partial charge < -0.3 is 10.1 Å². The van der Waals surface area contributed by atoms with Gasteiger partial charge in [0.05, 0.1) is 12.9 Å². The summed E-state index contributed by atoms with van der Waals surface area (Å²) in [7, 11) is 0.896. The van der Waals surface area contributed by atoms with Crippen LogP contribution in [0.4, 0.5) is 0 Å². The van der Waals surface area contributed by atoms with E-state index in [1.807, 2.05) is 6.07 Å². The molecule has 21 heavy (non-hydrogen) atoms. The maximum atomic E-state index is 12.4. The lowest BCUT2D eigenvalue weighted by Gasteiger charge is -2.13. The van der Waals surface area contributed by atoms with Crippen molar-refractivity contribution < 1.29 is 8.95 Å². The summed E-state index contributed by atoms with van der Waals surface area (Å²) in [5, 5.41) is 3.32. The number of methoxy groups -OCH3 is 1. The molecule has 1 saturated carbocycles. The second kappa shape index (κ2) is 8.54. The molecule has 118 valence electrons. The molecule has 1 aromatic carbocycles. The topological polar surface area (TPSA) is 38.3 Å². The third-order valence-electron chi connectivity index (χ3n) is 4.14. The largest absolute Gasteiger partial charge is 0.496 e. The highest BCUT2D eigenvalue weighted by Gasteiger charge is 2.18. The minimum absolute atomic E-state index is 0.611. The molecule has 0 spiro atoms. The normalized spacial score (nSPS) is 17.0. The summed E-state index contributed by atoms with van der Waals surface area (Å²) >= 11 is 0. The van der Waals surface area contributed by atoms with E-state index in [0.717, 1.165) is 30.2 Å². The second-order valence-electron chi connectivity index (χ2n) is 5.83. The Morgan fingerprint density at radius 1 is 1.33 bits per heavy atom. The van der Waals surface area contributed by atoms with Crippen LogP contribution in [0.15, 0.2) is 18.2 Å². The number of nitrogens with one attached hydrogen (secondary N) is 1. The molecule has 0 aromatic heterocycles. The van der Waals surface area contributed by atoms with Gasteiger partial charge in [0.25, 0.3) is 0 Å². The third kappa shape index (κ3) is 5.11. The SMILES string of the molecule is CCNCc1ccc(OC)c(CS(=O)CC2CCCC2)c1. The van der Waals surface area contributed by atoms with Crippen molar-refractivity contribution in [3.63, 3.8) is 0 Å². The molecule has 3 nitrogen and oxygen atoms in total. The fraction of sp³-hybridized carbons (Fsp3) is 0.647. The molecule has 0 amide bonds. The van der Waals surface area contributed by atoms with Gasteiger partial charge in [0, 0.05) is 28.7 Å². The maximum Gasteiger partial charge on any atom is 0.123 e. The fourth-order valence-electron chi connectivity index (χ4n) is 3.00. The fourth-order valence-corrected chi connectivity index (χ4v) is 4.55. The highest BCUT2D eigenvalue weighted by molar-refractivity contribution is 7.84. The van der Waals surface area contributed by atoms with Crippen LogP contribution in [0.25, 0.3) is 0 Å². The predicted molar refractivity (Wildman–Crippen MR) is 89.0 cm³/mol. The van der Waals surface area contributed by atoms with Gasteiger partial charge in [0.15, 0.2) is 0 Å². The molecule has 1 aliphatic carbocycles. The van der Waals surface area contributed by atoms with Gasteiger partial charge in [0.2, 0.25) is 0 Å². The van der Waals surface area contributed by atoms with Crippen LogP contribution in [0.1, 0.15) is 43.7 Å². The van der Waals surface area contributed by atoms with Crippen molar-refractivity contribution in [3.8, 4) is 5.75 Å². The summed E-state index contributed by atoms with van der Waals surface area (Å²) < 4.78 is 17.8. The van der Waals surface area contributed by atoms with Crippen LogP contribution in [-0.2, 0) is 23.1 Å². The van der Waals surface area contributed by atoms with Crippen LogP contribution >= 0.6 is 0 Å². The van der Waals surface area contributed by atoms with Crippen LogP contribution in [0, 0.1) is 5.92 Å². The van der Waals surface area contributed by atoms with Gasteiger partial charge in [-0.25, -0.2) is 0 Å². The maximum absolute atomic E-state index is 12.4. The molecule has 2 rings (SSSR count). The van der Waals surface area contributed by atoms with Crippen molar-refractivity contribution in [3.05, 3.63) is 29.3 Å². The summed E-state index contributed by atoms with van der Waals surface area (Å²) in [6, 6.07) is 6.20. The smallest absolute Gasteiger partial charge is 0.123 e. The van der Waals surface area contributed by atoms with E-state index in [2.05, 4.69) is 24.4 Å². The van der Waals surface area contributed by atoms with Crippen molar-refractivity contribution in [2.45, 2.75) is 44.9 Å². The van der Waals surface area contributed by atoms with Crippen LogP contribution < -0.4 is 10.1 Å². The first-order valence-corrected chi connectivity index (χ1v) is 9.43. The molecule has 1 aromatic rings. The quantitative estimate of drug-likeness (QED) is 0.801. The number of hydrogen-bond donors (Lipinski definition) is 1. The number of benzene rings is 1. The second-order valence-corrected chi connectivity index (χ2v) is 7.33.